The van der Waals surface area contributed by atoms with Crippen LogP contribution in [-0.2, 0) is 6.42 Å². The summed E-state index contributed by atoms with van der Waals surface area (Å²) in [6.07, 6.45) is 1.37. The first-order chi connectivity index (χ1) is 12.4. The summed E-state index contributed by atoms with van der Waals surface area (Å²) < 4.78 is 0. The highest BCUT2D eigenvalue weighted by Crippen LogP contribution is 2.36. The number of imidazole rings is 1. The second kappa shape index (κ2) is 8.44. The van der Waals surface area contributed by atoms with Gasteiger partial charge in [0, 0.05) is 33.3 Å². The molecule has 1 aromatic carbocycles. The van der Waals surface area contributed by atoms with Crippen molar-refractivity contribution in [3.8, 4) is 0 Å². The molecule has 3 rings (SSSR count). The molecule has 7 heteroatoms. The van der Waals surface area contributed by atoms with Gasteiger partial charge in [0.25, 0.3) is 0 Å². The van der Waals surface area contributed by atoms with Crippen molar-refractivity contribution < 1.29 is 5.11 Å². The zero-order valence-corrected chi connectivity index (χ0v) is 16.7. The molecule has 3 aromatic rings. The van der Waals surface area contributed by atoms with Gasteiger partial charge >= 0.3 is 0 Å². The molecule has 1 unspecified atom stereocenters. The number of halogens is 2. The first-order valence-electron chi connectivity index (χ1n) is 8.24. The van der Waals surface area contributed by atoms with E-state index in [2.05, 4.69) is 28.8 Å². The predicted molar refractivity (Wildman–Crippen MR) is 106 cm³/mol. The molecule has 136 valence electrons. The van der Waals surface area contributed by atoms with Gasteiger partial charge in [0.2, 0.25) is 0 Å². The molecule has 0 radical (unpaired) electrons. The standard InChI is InChI=1S/C19H19Cl2N3OS/c1-11(2)17-19(26-15-8-12(20)7-13(21)9-15)24-18(23-17)16(25)10-14-5-3-4-6-22-14/h3-9,11,16,25H,10H2,1-2H3,(H,23,24). The lowest BCUT2D eigenvalue weighted by Crippen LogP contribution is -2.05. The molecule has 2 heterocycles. The minimum Gasteiger partial charge on any atom is -0.385 e. The Kier molecular flexibility index (Phi) is 6.24. The molecule has 0 bridgehead atoms. The maximum absolute atomic E-state index is 10.6. The average Bonchev–Trinajstić information content (AvgIpc) is 2.99. The van der Waals surface area contributed by atoms with Gasteiger partial charge in [0.15, 0.2) is 0 Å². The number of aliphatic hydroxyl groups excluding tert-OH is 1. The van der Waals surface area contributed by atoms with Crippen molar-refractivity contribution in [2.75, 3.05) is 0 Å². The van der Waals surface area contributed by atoms with Gasteiger partial charge in [0.1, 0.15) is 17.0 Å². The van der Waals surface area contributed by atoms with Gasteiger partial charge in [0.05, 0.1) is 5.69 Å². The summed E-state index contributed by atoms with van der Waals surface area (Å²) in [6.45, 7) is 4.16. The number of nitrogens with zero attached hydrogens (tertiary/aromatic N) is 2. The molecule has 0 aliphatic rings. The highest BCUT2D eigenvalue weighted by molar-refractivity contribution is 7.99. The van der Waals surface area contributed by atoms with Crippen LogP contribution in [0.25, 0.3) is 0 Å². The lowest BCUT2D eigenvalue weighted by Gasteiger charge is -2.07. The molecule has 0 aliphatic carbocycles. The van der Waals surface area contributed by atoms with E-state index < -0.39 is 6.10 Å². The van der Waals surface area contributed by atoms with Gasteiger partial charge in [-0.2, -0.15) is 0 Å². The minimum atomic E-state index is -0.750. The van der Waals surface area contributed by atoms with E-state index in [1.807, 2.05) is 30.3 Å². The van der Waals surface area contributed by atoms with E-state index in [1.165, 1.54) is 11.8 Å². The SMILES string of the molecule is CC(C)c1[nH]c(C(O)Cc2ccccn2)nc1Sc1cc(Cl)cc(Cl)c1. The monoisotopic (exact) mass is 407 g/mol. The van der Waals surface area contributed by atoms with E-state index in [4.69, 9.17) is 23.2 Å². The Morgan fingerprint density at radius 2 is 1.88 bits per heavy atom. The Morgan fingerprint density at radius 3 is 2.50 bits per heavy atom. The Balaban J connectivity index is 1.86. The van der Waals surface area contributed by atoms with Gasteiger partial charge in [-0.25, -0.2) is 4.98 Å². The van der Waals surface area contributed by atoms with Crippen LogP contribution in [0.5, 0.6) is 0 Å². The lowest BCUT2D eigenvalue weighted by molar-refractivity contribution is 0.167. The summed E-state index contributed by atoms with van der Waals surface area (Å²) in [5.74, 6) is 0.769. The molecule has 0 saturated heterocycles. The fourth-order valence-corrected chi connectivity index (χ4v) is 4.32. The van der Waals surface area contributed by atoms with E-state index in [9.17, 15) is 5.11 Å². The number of benzene rings is 1. The van der Waals surface area contributed by atoms with Crippen LogP contribution in [0.1, 0.15) is 43.1 Å². The smallest absolute Gasteiger partial charge is 0.137 e. The van der Waals surface area contributed by atoms with Gasteiger partial charge < -0.3 is 10.1 Å². The van der Waals surface area contributed by atoms with Crippen LogP contribution < -0.4 is 0 Å². The van der Waals surface area contributed by atoms with Crippen LogP contribution in [0, 0.1) is 0 Å². The van der Waals surface area contributed by atoms with E-state index in [1.54, 1.807) is 12.3 Å². The Bertz CT molecular complexity index is 863. The fraction of sp³-hybridized carbons (Fsp3) is 0.263. The maximum Gasteiger partial charge on any atom is 0.137 e. The molecule has 2 aromatic heterocycles. The Morgan fingerprint density at radius 1 is 1.15 bits per heavy atom. The molecule has 0 fully saturated rings. The van der Waals surface area contributed by atoms with E-state index >= 15 is 0 Å². The number of aromatic nitrogens is 3. The largest absolute Gasteiger partial charge is 0.385 e. The minimum absolute atomic E-state index is 0.232. The molecule has 0 saturated carbocycles. The second-order valence-electron chi connectivity index (χ2n) is 6.24. The van der Waals surface area contributed by atoms with Crippen LogP contribution in [0.15, 0.2) is 52.5 Å². The average molecular weight is 408 g/mol. The van der Waals surface area contributed by atoms with Crippen LogP contribution >= 0.6 is 35.0 Å². The summed E-state index contributed by atoms with van der Waals surface area (Å²) in [7, 11) is 0. The van der Waals surface area contributed by atoms with E-state index in [0.717, 1.165) is 21.3 Å². The number of H-pyrrole nitrogens is 1. The number of rotatable bonds is 6. The topological polar surface area (TPSA) is 61.8 Å². The van der Waals surface area contributed by atoms with Crippen molar-refractivity contribution in [1.82, 2.24) is 15.0 Å². The van der Waals surface area contributed by atoms with E-state index in [-0.39, 0.29) is 5.92 Å². The molecule has 2 N–H and O–H groups in total. The first kappa shape index (κ1) is 19.2. The molecule has 1 atom stereocenters. The number of hydrogen-bond acceptors (Lipinski definition) is 4. The quantitative estimate of drug-likeness (QED) is 0.552. The van der Waals surface area contributed by atoms with Crippen LogP contribution in [0.4, 0.5) is 0 Å². The number of hydrogen-bond donors (Lipinski definition) is 2. The van der Waals surface area contributed by atoms with Gasteiger partial charge in [-0.1, -0.05) is 54.9 Å². The first-order valence-corrected chi connectivity index (χ1v) is 9.81. The molecular weight excluding hydrogens is 389 g/mol. The normalized spacial score (nSPS) is 12.5. The molecule has 4 nitrogen and oxygen atoms in total. The molecule has 0 spiro atoms. The Hall–Kier alpha value is -1.53. The van der Waals surface area contributed by atoms with Crippen LogP contribution in [0.2, 0.25) is 10.0 Å². The van der Waals surface area contributed by atoms with E-state index in [0.29, 0.717) is 22.3 Å². The third-order valence-electron chi connectivity index (χ3n) is 3.79. The molecule has 26 heavy (non-hydrogen) atoms. The predicted octanol–water partition coefficient (Wildman–Crippen LogP) is 5.66. The summed E-state index contributed by atoms with van der Waals surface area (Å²) in [5.41, 5.74) is 1.79. The number of aromatic amines is 1. The molecular formula is C19H19Cl2N3OS. The highest BCUT2D eigenvalue weighted by Gasteiger charge is 2.20. The van der Waals surface area contributed by atoms with Crippen molar-refractivity contribution in [3.63, 3.8) is 0 Å². The zero-order valence-electron chi connectivity index (χ0n) is 14.4. The number of aliphatic hydroxyl groups is 1. The van der Waals surface area contributed by atoms with Gasteiger partial charge in [-0.15, -0.1) is 0 Å². The third kappa shape index (κ3) is 4.80. The Labute approximate surface area is 167 Å². The summed E-state index contributed by atoms with van der Waals surface area (Å²) in [5, 5.41) is 12.5. The van der Waals surface area contributed by atoms with Crippen molar-refractivity contribution >= 4 is 35.0 Å². The van der Waals surface area contributed by atoms with Crippen LogP contribution in [0.3, 0.4) is 0 Å². The number of nitrogens with one attached hydrogen (secondary N) is 1. The van der Waals surface area contributed by atoms with Gasteiger partial charge in [-0.05, 0) is 36.2 Å². The van der Waals surface area contributed by atoms with Crippen molar-refractivity contribution in [2.24, 2.45) is 0 Å². The van der Waals surface area contributed by atoms with Gasteiger partial charge in [-0.3, -0.25) is 4.98 Å². The summed E-state index contributed by atoms with van der Waals surface area (Å²) in [6, 6.07) is 11.0. The lowest BCUT2D eigenvalue weighted by atomic mass is 10.1. The number of pyridine rings is 1. The van der Waals surface area contributed by atoms with Crippen LogP contribution in [-0.4, -0.2) is 20.1 Å². The molecule has 0 amide bonds. The third-order valence-corrected chi connectivity index (χ3v) is 5.20. The fourth-order valence-electron chi connectivity index (χ4n) is 2.53. The zero-order chi connectivity index (χ0) is 18.7. The van der Waals surface area contributed by atoms with Crippen molar-refractivity contribution in [1.29, 1.82) is 0 Å². The maximum atomic E-state index is 10.6. The summed E-state index contributed by atoms with van der Waals surface area (Å²) in [4.78, 5) is 13.1. The summed E-state index contributed by atoms with van der Waals surface area (Å²) >= 11 is 13.7. The molecule has 0 aliphatic heterocycles. The van der Waals surface area contributed by atoms with Crippen molar-refractivity contribution in [3.05, 3.63) is 69.9 Å². The second-order valence-corrected chi connectivity index (χ2v) is 8.18. The van der Waals surface area contributed by atoms with Crippen molar-refractivity contribution in [2.45, 2.75) is 42.2 Å². The highest BCUT2D eigenvalue weighted by atomic mass is 35.5.